The minimum absolute atomic E-state index is 0.107. The Morgan fingerprint density at radius 2 is 1.95 bits per heavy atom. The number of likely N-dealkylation sites (N-methyl/N-ethyl adjacent to an activating group) is 1. The first-order valence-electron chi connectivity index (χ1n) is 5.60. The topological polar surface area (TPSA) is 66.7 Å². The fraction of sp³-hybridized carbons (Fsp3) is 0.364. The standard InChI is InChI=1S/C11H10F3N3O3/c1-15-4-5-16(10(15)18)9-3-2-7(17(19)20)6-8(9)11(12,13)14/h2-3,6H,4-5H2,1H3. The van der Waals surface area contributed by atoms with Crippen molar-refractivity contribution in [1.82, 2.24) is 4.90 Å². The van der Waals surface area contributed by atoms with E-state index in [1.807, 2.05) is 0 Å². The van der Waals surface area contributed by atoms with E-state index >= 15 is 0 Å². The van der Waals surface area contributed by atoms with Crippen molar-refractivity contribution in [1.29, 1.82) is 0 Å². The molecule has 0 unspecified atom stereocenters. The van der Waals surface area contributed by atoms with E-state index in [1.165, 1.54) is 11.9 Å². The zero-order valence-electron chi connectivity index (χ0n) is 10.3. The van der Waals surface area contributed by atoms with E-state index in [1.54, 1.807) is 0 Å². The third-order valence-corrected chi connectivity index (χ3v) is 3.00. The molecule has 0 aromatic heterocycles. The van der Waals surface area contributed by atoms with Gasteiger partial charge in [0.2, 0.25) is 0 Å². The predicted octanol–water partition coefficient (Wildman–Crippen LogP) is 2.49. The second-order valence-electron chi connectivity index (χ2n) is 4.31. The molecule has 20 heavy (non-hydrogen) atoms. The van der Waals surface area contributed by atoms with Crippen LogP contribution in [0.5, 0.6) is 0 Å². The Morgan fingerprint density at radius 1 is 1.30 bits per heavy atom. The zero-order valence-corrected chi connectivity index (χ0v) is 10.3. The number of halogens is 3. The molecule has 0 atom stereocenters. The lowest BCUT2D eigenvalue weighted by Crippen LogP contribution is -2.30. The lowest BCUT2D eigenvalue weighted by Gasteiger charge is -2.20. The molecule has 1 saturated heterocycles. The molecule has 0 N–H and O–H groups in total. The number of alkyl halides is 3. The number of nitro benzene ring substituents is 1. The van der Waals surface area contributed by atoms with Gasteiger partial charge in [-0.25, -0.2) is 4.79 Å². The molecule has 108 valence electrons. The van der Waals surface area contributed by atoms with Crippen molar-refractivity contribution < 1.29 is 22.9 Å². The quantitative estimate of drug-likeness (QED) is 0.620. The van der Waals surface area contributed by atoms with Crippen LogP contribution in [0.15, 0.2) is 18.2 Å². The largest absolute Gasteiger partial charge is 0.418 e. The molecule has 1 aromatic rings. The van der Waals surface area contributed by atoms with Gasteiger partial charge in [-0.05, 0) is 6.07 Å². The molecule has 6 nitrogen and oxygen atoms in total. The van der Waals surface area contributed by atoms with E-state index in [0.717, 1.165) is 17.0 Å². The van der Waals surface area contributed by atoms with Gasteiger partial charge in [0.05, 0.1) is 16.2 Å². The number of anilines is 1. The summed E-state index contributed by atoms with van der Waals surface area (Å²) in [5.74, 6) is 0. The van der Waals surface area contributed by atoms with Crippen LogP contribution < -0.4 is 4.90 Å². The Labute approximate surface area is 111 Å². The molecule has 2 rings (SSSR count). The van der Waals surface area contributed by atoms with Crippen molar-refractivity contribution in [2.75, 3.05) is 25.0 Å². The molecular weight excluding hydrogens is 279 g/mol. The zero-order chi connectivity index (χ0) is 15.1. The molecule has 1 aliphatic heterocycles. The van der Waals surface area contributed by atoms with Gasteiger partial charge in [-0.1, -0.05) is 0 Å². The summed E-state index contributed by atoms with van der Waals surface area (Å²) in [6.07, 6.45) is -4.78. The Morgan fingerprint density at radius 3 is 2.40 bits per heavy atom. The highest BCUT2D eigenvalue weighted by Crippen LogP contribution is 2.39. The third-order valence-electron chi connectivity index (χ3n) is 3.00. The van der Waals surface area contributed by atoms with Gasteiger partial charge in [-0.15, -0.1) is 0 Å². The summed E-state index contributed by atoms with van der Waals surface area (Å²) in [6.45, 7) is 0.406. The second-order valence-corrected chi connectivity index (χ2v) is 4.31. The number of non-ortho nitro benzene ring substituents is 1. The van der Waals surface area contributed by atoms with Gasteiger partial charge in [0.25, 0.3) is 5.69 Å². The average Bonchev–Trinajstić information content (AvgIpc) is 2.68. The first-order chi connectivity index (χ1) is 9.21. The van der Waals surface area contributed by atoms with Crippen LogP contribution in [0, 0.1) is 10.1 Å². The Hall–Kier alpha value is -2.32. The Bertz CT molecular complexity index is 574. The Kier molecular flexibility index (Phi) is 3.28. The lowest BCUT2D eigenvalue weighted by atomic mass is 10.1. The van der Waals surface area contributed by atoms with Gasteiger partial charge in [-0.2, -0.15) is 13.2 Å². The summed E-state index contributed by atoms with van der Waals surface area (Å²) in [7, 11) is 1.47. The van der Waals surface area contributed by atoms with Gasteiger partial charge in [0.15, 0.2) is 0 Å². The van der Waals surface area contributed by atoms with Crippen molar-refractivity contribution in [3.63, 3.8) is 0 Å². The van der Waals surface area contributed by atoms with Crippen LogP contribution in [0.4, 0.5) is 29.3 Å². The van der Waals surface area contributed by atoms with Crippen LogP contribution in [-0.2, 0) is 6.18 Å². The van der Waals surface area contributed by atoms with Crippen LogP contribution in [0.3, 0.4) is 0 Å². The summed E-state index contributed by atoms with van der Waals surface area (Å²) in [5.41, 5.74) is -2.21. The molecular formula is C11H10F3N3O3. The van der Waals surface area contributed by atoms with Crippen molar-refractivity contribution in [3.8, 4) is 0 Å². The highest BCUT2D eigenvalue weighted by molar-refractivity contribution is 5.95. The number of rotatable bonds is 2. The number of carbonyl (C=O) groups is 1. The van der Waals surface area contributed by atoms with Crippen molar-refractivity contribution in [3.05, 3.63) is 33.9 Å². The lowest BCUT2D eigenvalue weighted by molar-refractivity contribution is -0.385. The number of carbonyl (C=O) groups excluding carboxylic acids is 1. The van der Waals surface area contributed by atoms with E-state index in [4.69, 9.17) is 0 Å². The van der Waals surface area contributed by atoms with Gasteiger partial charge in [-0.3, -0.25) is 15.0 Å². The molecule has 1 fully saturated rings. The van der Waals surface area contributed by atoms with E-state index in [2.05, 4.69) is 0 Å². The number of amides is 2. The number of urea groups is 1. The van der Waals surface area contributed by atoms with Crippen LogP contribution >= 0.6 is 0 Å². The molecule has 1 aromatic carbocycles. The minimum Gasteiger partial charge on any atom is -0.326 e. The first-order valence-corrected chi connectivity index (χ1v) is 5.60. The minimum atomic E-state index is -4.78. The first kappa shape index (κ1) is 14.1. The summed E-state index contributed by atoms with van der Waals surface area (Å²) >= 11 is 0. The summed E-state index contributed by atoms with van der Waals surface area (Å²) < 4.78 is 39.0. The summed E-state index contributed by atoms with van der Waals surface area (Å²) in [4.78, 5) is 23.7. The van der Waals surface area contributed by atoms with Gasteiger partial charge < -0.3 is 4.90 Å². The van der Waals surface area contributed by atoms with Crippen molar-refractivity contribution in [2.45, 2.75) is 6.18 Å². The SMILES string of the molecule is CN1CCN(c2ccc([N+](=O)[O-])cc2C(F)(F)F)C1=O. The van der Waals surface area contributed by atoms with Crippen LogP contribution in [0.2, 0.25) is 0 Å². The highest BCUT2D eigenvalue weighted by atomic mass is 19.4. The monoisotopic (exact) mass is 289 g/mol. The number of benzene rings is 1. The fourth-order valence-electron chi connectivity index (χ4n) is 1.97. The molecule has 1 heterocycles. The van der Waals surface area contributed by atoms with Gasteiger partial charge in [0.1, 0.15) is 0 Å². The van der Waals surface area contributed by atoms with Crippen LogP contribution in [-0.4, -0.2) is 36.0 Å². The fourth-order valence-corrected chi connectivity index (χ4v) is 1.97. The smallest absolute Gasteiger partial charge is 0.326 e. The summed E-state index contributed by atoms with van der Waals surface area (Å²) in [5, 5.41) is 10.6. The maximum Gasteiger partial charge on any atom is 0.418 e. The van der Waals surface area contributed by atoms with Crippen LogP contribution in [0.25, 0.3) is 0 Å². The molecule has 2 amide bonds. The average molecular weight is 289 g/mol. The van der Waals surface area contributed by atoms with Gasteiger partial charge >= 0.3 is 12.2 Å². The molecule has 0 aliphatic carbocycles. The Balaban J connectivity index is 2.53. The van der Waals surface area contributed by atoms with E-state index in [-0.39, 0.29) is 12.2 Å². The third kappa shape index (κ3) is 2.38. The predicted molar refractivity (Wildman–Crippen MR) is 63.5 cm³/mol. The molecule has 0 bridgehead atoms. The number of hydrogen-bond acceptors (Lipinski definition) is 3. The van der Waals surface area contributed by atoms with Gasteiger partial charge in [0, 0.05) is 32.3 Å². The normalized spacial score (nSPS) is 15.9. The molecule has 0 spiro atoms. The number of nitrogens with zero attached hydrogens (tertiary/aromatic N) is 3. The molecule has 0 saturated carbocycles. The molecule has 1 aliphatic rings. The number of nitro groups is 1. The molecule has 0 radical (unpaired) electrons. The maximum absolute atomic E-state index is 13.0. The maximum atomic E-state index is 13.0. The van der Waals surface area contributed by atoms with Crippen molar-refractivity contribution in [2.24, 2.45) is 0 Å². The molecule has 9 heteroatoms. The number of hydrogen-bond donors (Lipinski definition) is 0. The van der Waals surface area contributed by atoms with E-state index in [9.17, 15) is 28.1 Å². The van der Waals surface area contributed by atoms with E-state index < -0.39 is 28.4 Å². The summed E-state index contributed by atoms with van der Waals surface area (Å²) in [6, 6.07) is 1.79. The highest BCUT2D eigenvalue weighted by Gasteiger charge is 2.39. The second kappa shape index (κ2) is 4.66. The van der Waals surface area contributed by atoms with Crippen LogP contribution in [0.1, 0.15) is 5.56 Å². The van der Waals surface area contributed by atoms with Crippen molar-refractivity contribution >= 4 is 17.4 Å². The van der Waals surface area contributed by atoms with E-state index in [0.29, 0.717) is 12.6 Å².